The molecular weight excluding hydrogens is 321 g/mol. The van der Waals surface area contributed by atoms with Crippen LogP contribution >= 0.6 is 0 Å². The summed E-state index contributed by atoms with van der Waals surface area (Å²) in [5.41, 5.74) is 1.76. The highest BCUT2D eigenvalue weighted by Crippen LogP contribution is 2.19. The van der Waals surface area contributed by atoms with E-state index in [1.165, 1.54) is 12.1 Å². The lowest BCUT2D eigenvalue weighted by atomic mass is 10.1. The molecule has 1 atom stereocenters. The number of aromatic nitrogens is 2. The van der Waals surface area contributed by atoms with E-state index in [1.807, 2.05) is 30.3 Å². The van der Waals surface area contributed by atoms with E-state index in [9.17, 15) is 9.18 Å². The molecule has 3 rings (SSSR count). The van der Waals surface area contributed by atoms with Crippen LogP contribution in [0, 0.1) is 5.82 Å². The van der Waals surface area contributed by atoms with Gasteiger partial charge in [-0.15, -0.1) is 0 Å². The minimum Gasteiger partial charge on any atom is -0.345 e. The van der Waals surface area contributed by atoms with Crippen molar-refractivity contribution in [3.8, 4) is 11.4 Å². The Labute approximate surface area is 144 Å². The molecule has 0 bridgehead atoms. The number of carbonyl (C=O) groups is 1. The molecule has 0 spiro atoms. The Morgan fingerprint density at radius 1 is 1.16 bits per heavy atom. The fourth-order valence-corrected chi connectivity index (χ4v) is 2.41. The summed E-state index contributed by atoms with van der Waals surface area (Å²) in [6.45, 7) is 1.78. The zero-order chi connectivity index (χ0) is 17.6. The van der Waals surface area contributed by atoms with Crippen molar-refractivity contribution in [1.29, 1.82) is 0 Å². The van der Waals surface area contributed by atoms with Gasteiger partial charge >= 0.3 is 0 Å². The van der Waals surface area contributed by atoms with Gasteiger partial charge in [-0.2, -0.15) is 4.98 Å². The maximum Gasteiger partial charge on any atom is 0.249 e. The van der Waals surface area contributed by atoms with Crippen molar-refractivity contribution < 1.29 is 13.7 Å². The summed E-state index contributed by atoms with van der Waals surface area (Å²) in [4.78, 5) is 16.3. The van der Waals surface area contributed by atoms with Crippen LogP contribution in [-0.4, -0.2) is 16.0 Å². The van der Waals surface area contributed by atoms with Gasteiger partial charge < -0.3 is 9.84 Å². The van der Waals surface area contributed by atoms with Crippen LogP contribution in [0.4, 0.5) is 4.39 Å². The molecule has 1 amide bonds. The third-order valence-electron chi connectivity index (χ3n) is 3.78. The molecule has 6 heteroatoms. The van der Waals surface area contributed by atoms with E-state index in [0.717, 1.165) is 5.56 Å². The quantitative estimate of drug-likeness (QED) is 0.744. The van der Waals surface area contributed by atoms with E-state index in [2.05, 4.69) is 15.5 Å². The Balaban J connectivity index is 1.57. The van der Waals surface area contributed by atoms with Gasteiger partial charge in [0, 0.05) is 12.0 Å². The predicted octanol–water partition coefficient (Wildman–Crippen LogP) is 3.69. The zero-order valence-corrected chi connectivity index (χ0v) is 13.8. The lowest BCUT2D eigenvalue weighted by molar-refractivity contribution is -0.121. The average Bonchev–Trinajstić information content (AvgIpc) is 3.12. The maximum absolute atomic E-state index is 13.0. The van der Waals surface area contributed by atoms with Gasteiger partial charge in [0.05, 0.1) is 0 Å². The van der Waals surface area contributed by atoms with E-state index in [1.54, 1.807) is 19.1 Å². The zero-order valence-electron chi connectivity index (χ0n) is 13.8. The van der Waals surface area contributed by atoms with E-state index in [4.69, 9.17) is 4.52 Å². The number of hydrogen-bond donors (Lipinski definition) is 1. The molecule has 2 aromatic carbocycles. The fourth-order valence-electron chi connectivity index (χ4n) is 2.41. The standard InChI is InChI=1S/C19H18FN3O2/c1-13(21-17(24)12-7-14-5-3-2-4-6-14)19-22-18(23-25-19)15-8-10-16(20)11-9-15/h2-6,8-11,13H,7,12H2,1H3,(H,21,24)/t13-/m0/s1. The van der Waals surface area contributed by atoms with Crippen molar-refractivity contribution in [1.82, 2.24) is 15.5 Å². The number of nitrogens with zero attached hydrogens (tertiary/aromatic N) is 2. The number of nitrogens with one attached hydrogen (secondary N) is 1. The van der Waals surface area contributed by atoms with Gasteiger partial charge in [0.1, 0.15) is 11.9 Å². The molecule has 5 nitrogen and oxygen atoms in total. The summed E-state index contributed by atoms with van der Waals surface area (Å²) in [7, 11) is 0. The second-order valence-electron chi connectivity index (χ2n) is 5.74. The van der Waals surface area contributed by atoms with E-state index >= 15 is 0 Å². The Morgan fingerprint density at radius 2 is 1.88 bits per heavy atom. The topological polar surface area (TPSA) is 68.0 Å². The molecule has 0 aliphatic heterocycles. The molecule has 25 heavy (non-hydrogen) atoms. The first kappa shape index (κ1) is 16.8. The molecule has 0 unspecified atom stereocenters. The molecule has 0 aliphatic carbocycles. The van der Waals surface area contributed by atoms with Crippen molar-refractivity contribution in [2.24, 2.45) is 0 Å². The second kappa shape index (κ2) is 7.70. The van der Waals surface area contributed by atoms with Gasteiger partial charge in [0.15, 0.2) is 0 Å². The number of rotatable bonds is 6. The van der Waals surface area contributed by atoms with Gasteiger partial charge in [-0.3, -0.25) is 4.79 Å². The lowest BCUT2D eigenvalue weighted by Crippen LogP contribution is -2.27. The predicted molar refractivity (Wildman–Crippen MR) is 91.0 cm³/mol. The summed E-state index contributed by atoms with van der Waals surface area (Å²) in [5, 5.41) is 6.72. The molecule has 3 aromatic rings. The molecule has 1 N–H and O–H groups in total. The Kier molecular flexibility index (Phi) is 5.18. The summed E-state index contributed by atoms with van der Waals surface area (Å²) in [6.07, 6.45) is 1.05. The van der Waals surface area contributed by atoms with Crippen LogP contribution in [0.5, 0.6) is 0 Å². The van der Waals surface area contributed by atoms with Gasteiger partial charge in [0.25, 0.3) is 0 Å². The maximum atomic E-state index is 13.0. The number of halogens is 1. The highest BCUT2D eigenvalue weighted by Gasteiger charge is 2.17. The van der Waals surface area contributed by atoms with Gasteiger partial charge in [-0.25, -0.2) is 4.39 Å². The normalized spacial score (nSPS) is 11.9. The third-order valence-corrected chi connectivity index (χ3v) is 3.78. The van der Waals surface area contributed by atoms with Crippen LogP contribution < -0.4 is 5.32 Å². The number of amides is 1. The van der Waals surface area contributed by atoms with Crippen molar-refractivity contribution in [3.63, 3.8) is 0 Å². The van der Waals surface area contributed by atoms with Gasteiger partial charge in [0.2, 0.25) is 17.6 Å². The third kappa shape index (κ3) is 4.50. The smallest absolute Gasteiger partial charge is 0.249 e. The molecule has 0 saturated heterocycles. The SMILES string of the molecule is C[C@H](NC(=O)CCc1ccccc1)c1nc(-c2ccc(F)cc2)no1. The minimum atomic E-state index is -0.398. The van der Waals surface area contributed by atoms with Crippen molar-refractivity contribution in [3.05, 3.63) is 71.9 Å². The highest BCUT2D eigenvalue weighted by molar-refractivity contribution is 5.76. The van der Waals surface area contributed by atoms with E-state index in [-0.39, 0.29) is 11.7 Å². The Bertz CT molecular complexity index is 831. The van der Waals surface area contributed by atoms with Crippen LogP contribution in [0.3, 0.4) is 0 Å². The second-order valence-corrected chi connectivity index (χ2v) is 5.74. The summed E-state index contributed by atoms with van der Waals surface area (Å²) >= 11 is 0. The lowest BCUT2D eigenvalue weighted by Gasteiger charge is -2.09. The van der Waals surface area contributed by atoms with Crippen molar-refractivity contribution >= 4 is 5.91 Å². The van der Waals surface area contributed by atoms with E-state index in [0.29, 0.717) is 30.1 Å². The summed E-state index contributed by atoms with van der Waals surface area (Å²) < 4.78 is 18.2. The molecule has 1 aromatic heterocycles. The number of aryl methyl sites for hydroxylation is 1. The van der Waals surface area contributed by atoms with E-state index < -0.39 is 6.04 Å². The number of carbonyl (C=O) groups excluding carboxylic acids is 1. The van der Waals surface area contributed by atoms with Crippen molar-refractivity contribution in [2.75, 3.05) is 0 Å². The van der Waals surface area contributed by atoms with Crippen LogP contribution in [0.25, 0.3) is 11.4 Å². The summed E-state index contributed by atoms with van der Waals surface area (Å²) in [5.74, 6) is 0.261. The van der Waals surface area contributed by atoms with Crippen LogP contribution in [0.15, 0.2) is 59.1 Å². The van der Waals surface area contributed by atoms with Gasteiger partial charge in [-0.1, -0.05) is 35.5 Å². The Hall–Kier alpha value is -3.02. The van der Waals surface area contributed by atoms with Crippen LogP contribution in [-0.2, 0) is 11.2 Å². The summed E-state index contributed by atoms with van der Waals surface area (Å²) in [6, 6.07) is 15.2. The minimum absolute atomic E-state index is 0.0853. The van der Waals surface area contributed by atoms with Crippen molar-refractivity contribution in [2.45, 2.75) is 25.8 Å². The number of hydrogen-bond acceptors (Lipinski definition) is 4. The molecule has 0 saturated carbocycles. The average molecular weight is 339 g/mol. The molecule has 0 fully saturated rings. The molecular formula is C19H18FN3O2. The molecule has 0 radical (unpaired) electrons. The first-order valence-corrected chi connectivity index (χ1v) is 8.04. The van der Waals surface area contributed by atoms with Crippen LogP contribution in [0.2, 0.25) is 0 Å². The van der Waals surface area contributed by atoms with Crippen LogP contribution in [0.1, 0.15) is 30.8 Å². The first-order valence-electron chi connectivity index (χ1n) is 8.04. The van der Waals surface area contributed by atoms with Gasteiger partial charge in [-0.05, 0) is 43.2 Å². The first-order chi connectivity index (χ1) is 12.1. The largest absolute Gasteiger partial charge is 0.345 e. The monoisotopic (exact) mass is 339 g/mol. The Morgan fingerprint density at radius 3 is 2.60 bits per heavy atom. The highest BCUT2D eigenvalue weighted by atomic mass is 19.1. The molecule has 1 heterocycles. The fraction of sp³-hybridized carbons (Fsp3) is 0.211. The molecule has 128 valence electrons. The molecule has 0 aliphatic rings. The number of benzene rings is 2.